The number of aliphatic hydroxyl groups is 1. The largest absolute Gasteiger partial charge is 0.469 e. The van der Waals surface area contributed by atoms with E-state index in [9.17, 15) is 13.9 Å². The van der Waals surface area contributed by atoms with Crippen LogP contribution in [-0.4, -0.2) is 11.5 Å². The minimum atomic E-state index is -2.38. The second kappa shape index (κ2) is 3.10. The Morgan fingerprint density at radius 2 is 2.31 bits per heavy atom. The zero-order valence-corrected chi connectivity index (χ0v) is 6.91. The van der Waals surface area contributed by atoms with Crippen LogP contribution in [0.4, 0.5) is 8.78 Å². The summed E-state index contributed by atoms with van der Waals surface area (Å²) >= 11 is 0. The molecule has 0 fully saturated rings. The third-order valence-corrected chi connectivity index (χ3v) is 2.47. The summed E-state index contributed by atoms with van der Waals surface area (Å²) in [6.07, 6.45) is -1.38. The quantitative estimate of drug-likeness (QED) is 0.732. The van der Waals surface area contributed by atoms with Gasteiger partial charge in [0, 0.05) is 17.9 Å². The first-order chi connectivity index (χ1) is 6.18. The average Bonchev–Trinajstić information content (AvgIpc) is 2.51. The molecule has 2 nitrogen and oxygen atoms in total. The van der Waals surface area contributed by atoms with E-state index in [-0.39, 0.29) is 12.8 Å². The van der Waals surface area contributed by atoms with Gasteiger partial charge in [-0.05, 0) is 12.5 Å². The van der Waals surface area contributed by atoms with Crippen LogP contribution in [0, 0.1) is 5.92 Å². The van der Waals surface area contributed by atoms with Gasteiger partial charge in [0.05, 0.1) is 12.4 Å². The molecule has 4 heteroatoms. The fourth-order valence-corrected chi connectivity index (χ4v) is 1.74. The van der Waals surface area contributed by atoms with Gasteiger partial charge in [0.25, 0.3) is 0 Å². The molecule has 1 aliphatic carbocycles. The van der Waals surface area contributed by atoms with E-state index < -0.39 is 18.4 Å². The molecular formula is C9H10F2O2. The number of aliphatic hydroxyl groups excluding tert-OH is 1. The lowest BCUT2D eigenvalue weighted by Gasteiger charge is -2.24. The van der Waals surface area contributed by atoms with Gasteiger partial charge in [-0.25, -0.2) is 8.78 Å². The number of furan rings is 1. The maximum atomic E-state index is 12.3. The lowest BCUT2D eigenvalue weighted by atomic mass is 9.87. The standard InChI is InChI=1S/C9H10F2O2/c10-9(11)5-3-7(12)6-1-2-13-8(6)4-5/h1-2,5,7,9,12H,3-4H2. The van der Waals surface area contributed by atoms with Gasteiger partial charge in [-0.2, -0.15) is 0 Å². The summed E-state index contributed by atoms with van der Waals surface area (Å²) < 4.78 is 29.7. The zero-order valence-electron chi connectivity index (χ0n) is 6.91. The van der Waals surface area contributed by atoms with E-state index in [1.165, 1.54) is 6.26 Å². The lowest BCUT2D eigenvalue weighted by Crippen LogP contribution is -2.22. The Bertz CT molecular complexity index is 296. The molecule has 1 aliphatic rings. The summed E-state index contributed by atoms with van der Waals surface area (Å²) in [6.45, 7) is 0. The predicted molar refractivity (Wildman–Crippen MR) is 41.5 cm³/mol. The van der Waals surface area contributed by atoms with Crippen LogP contribution in [0.1, 0.15) is 23.8 Å². The molecule has 2 rings (SSSR count). The minimum absolute atomic E-state index is 0.129. The summed E-state index contributed by atoms with van der Waals surface area (Å²) in [5.74, 6) is -0.266. The van der Waals surface area contributed by atoms with Crippen molar-refractivity contribution in [3.8, 4) is 0 Å². The van der Waals surface area contributed by atoms with Crippen molar-refractivity contribution in [1.82, 2.24) is 0 Å². The first kappa shape index (κ1) is 8.69. The van der Waals surface area contributed by atoms with Crippen LogP contribution >= 0.6 is 0 Å². The van der Waals surface area contributed by atoms with Crippen molar-refractivity contribution in [1.29, 1.82) is 0 Å². The molecule has 0 spiro atoms. The Morgan fingerprint density at radius 1 is 1.54 bits per heavy atom. The van der Waals surface area contributed by atoms with Crippen molar-refractivity contribution in [2.45, 2.75) is 25.4 Å². The van der Waals surface area contributed by atoms with E-state index in [1.807, 2.05) is 0 Å². The van der Waals surface area contributed by atoms with Gasteiger partial charge >= 0.3 is 0 Å². The molecule has 0 radical (unpaired) electrons. The van der Waals surface area contributed by atoms with E-state index in [0.29, 0.717) is 11.3 Å². The molecule has 0 aromatic carbocycles. The highest BCUT2D eigenvalue weighted by Crippen LogP contribution is 2.36. The molecule has 13 heavy (non-hydrogen) atoms. The average molecular weight is 188 g/mol. The van der Waals surface area contributed by atoms with Gasteiger partial charge in [0.1, 0.15) is 5.76 Å². The van der Waals surface area contributed by atoms with Crippen molar-refractivity contribution in [2.24, 2.45) is 5.92 Å². The van der Waals surface area contributed by atoms with E-state index in [1.54, 1.807) is 6.07 Å². The maximum Gasteiger partial charge on any atom is 0.241 e. The second-order valence-corrected chi connectivity index (χ2v) is 3.35. The summed E-state index contributed by atoms with van der Waals surface area (Å²) in [4.78, 5) is 0. The van der Waals surface area contributed by atoms with E-state index in [0.717, 1.165) is 0 Å². The Kier molecular flexibility index (Phi) is 2.07. The second-order valence-electron chi connectivity index (χ2n) is 3.35. The number of alkyl halides is 2. The molecule has 72 valence electrons. The fraction of sp³-hybridized carbons (Fsp3) is 0.556. The summed E-state index contributed by atoms with van der Waals surface area (Å²) in [7, 11) is 0. The van der Waals surface area contributed by atoms with E-state index in [2.05, 4.69) is 0 Å². The molecule has 0 saturated carbocycles. The lowest BCUT2D eigenvalue weighted by molar-refractivity contribution is 0.0263. The molecule has 0 aliphatic heterocycles. The highest BCUT2D eigenvalue weighted by Gasteiger charge is 2.32. The Balaban J connectivity index is 2.23. The van der Waals surface area contributed by atoms with Crippen LogP contribution in [0.2, 0.25) is 0 Å². The van der Waals surface area contributed by atoms with Crippen LogP contribution in [0.15, 0.2) is 16.7 Å². The first-order valence-electron chi connectivity index (χ1n) is 4.21. The Hall–Kier alpha value is -0.900. The van der Waals surface area contributed by atoms with Gasteiger partial charge in [-0.1, -0.05) is 0 Å². The van der Waals surface area contributed by atoms with Crippen molar-refractivity contribution >= 4 is 0 Å². The SMILES string of the molecule is OC1CC(C(F)F)Cc2occc21. The number of halogens is 2. The van der Waals surface area contributed by atoms with Gasteiger partial charge in [0.15, 0.2) is 0 Å². The molecule has 1 aromatic rings. The molecule has 1 aromatic heterocycles. The third-order valence-electron chi connectivity index (χ3n) is 2.47. The fourth-order valence-electron chi connectivity index (χ4n) is 1.74. The van der Waals surface area contributed by atoms with Gasteiger partial charge in [-0.3, -0.25) is 0 Å². The molecule has 0 saturated heterocycles. The Morgan fingerprint density at radius 3 is 3.00 bits per heavy atom. The third kappa shape index (κ3) is 1.46. The molecular weight excluding hydrogens is 178 g/mol. The minimum Gasteiger partial charge on any atom is -0.469 e. The molecule has 1 N–H and O–H groups in total. The monoisotopic (exact) mass is 188 g/mol. The Labute approximate surface area is 74.2 Å². The summed E-state index contributed by atoms with van der Waals surface area (Å²) in [6, 6.07) is 1.64. The number of hydrogen-bond acceptors (Lipinski definition) is 2. The normalized spacial score (nSPS) is 27.7. The highest BCUT2D eigenvalue weighted by molar-refractivity contribution is 5.23. The van der Waals surface area contributed by atoms with Gasteiger partial charge in [-0.15, -0.1) is 0 Å². The van der Waals surface area contributed by atoms with Crippen LogP contribution < -0.4 is 0 Å². The highest BCUT2D eigenvalue weighted by atomic mass is 19.3. The number of fused-ring (bicyclic) bond motifs is 1. The van der Waals surface area contributed by atoms with Crippen LogP contribution in [0.25, 0.3) is 0 Å². The van der Waals surface area contributed by atoms with Crippen LogP contribution in [0.3, 0.4) is 0 Å². The predicted octanol–water partition coefficient (Wildman–Crippen LogP) is 2.14. The van der Waals surface area contributed by atoms with Crippen molar-refractivity contribution in [3.05, 3.63) is 23.7 Å². The van der Waals surface area contributed by atoms with Crippen molar-refractivity contribution in [2.75, 3.05) is 0 Å². The molecule has 0 bridgehead atoms. The molecule has 2 atom stereocenters. The van der Waals surface area contributed by atoms with Gasteiger partial charge in [0.2, 0.25) is 6.43 Å². The van der Waals surface area contributed by atoms with Crippen molar-refractivity contribution < 1.29 is 18.3 Å². The topological polar surface area (TPSA) is 33.4 Å². The van der Waals surface area contributed by atoms with Crippen LogP contribution in [-0.2, 0) is 6.42 Å². The number of hydrogen-bond donors (Lipinski definition) is 1. The van der Waals surface area contributed by atoms with E-state index >= 15 is 0 Å². The smallest absolute Gasteiger partial charge is 0.241 e. The molecule has 1 heterocycles. The van der Waals surface area contributed by atoms with Gasteiger partial charge < -0.3 is 9.52 Å². The van der Waals surface area contributed by atoms with Crippen LogP contribution in [0.5, 0.6) is 0 Å². The maximum absolute atomic E-state index is 12.3. The molecule has 2 unspecified atom stereocenters. The molecule has 0 amide bonds. The summed E-state index contributed by atoms with van der Waals surface area (Å²) in [5, 5.41) is 9.48. The summed E-state index contributed by atoms with van der Waals surface area (Å²) in [5.41, 5.74) is 0.664. The zero-order chi connectivity index (χ0) is 9.42. The first-order valence-corrected chi connectivity index (χ1v) is 4.21. The van der Waals surface area contributed by atoms with Crippen molar-refractivity contribution in [3.63, 3.8) is 0 Å². The van der Waals surface area contributed by atoms with E-state index in [4.69, 9.17) is 4.42 Å². The number of rotatable bonds is 1.